The molecule has 0 unspecified atom stereocenters. The number of pyridine rings is 1. The molecule has 0 aliphatic carbocycles. The van der Waals surface area contributed by atoms with Crippen molar-refractivity contribution in [3.8, 4) is 34.6 Å². The Morgan fingerprint density at radius 1 is 0.722 bits per heavy atom. The van der Waals surface area contributed by atoms with E-state index in [4.69, 9.17) is 40.3 Å². The van der Waals surface area contributed by atoms with E-state index in [0.717, 1.165) is 73.6 Å². The number of hydrogen-bond donors (Lipinski definition) is 0. The summed E-state index contributed by atoms with van der Waals surface area (Å²) in [5.41, 5.74) is 2.51. The third-order valence-electron chi connectivity index (χ3n) is 6.30. The van der Waals surface area contributed by atoms with Gasteiger partial charge >= 0.3 is 0 Å². The smallest absolute Gasteiger partial charge is 0.218 e. The fourth-order valence-electron chi connectivity index (χ4n) is 4.30. The summed E-state index contributed by atoms with van der Waals surface area (Å²) in [6.07, 6.45) is 8.14. The lowest BCUT2D eigenvalue weighted by Gasteiger charge is -2.19. The van der Waals surface area contributed by atoms with Crippen LogP contribution in [0.5, 0.6) is 34.6 Å². The number of hydrogen-bond acceptors (Lipinski definition) is 6. The fourth-order valence-corrected chi connectivity index (χ4v) is 4.62. The number of unbranched alkanes of at least 4 members (excludes halogenated alkanes) is 4. The summed E-state index contributed by atoms with van der Waals surface area (Å²) in [7, 11) is 6.52. The maximum atomic E-state index is 6.95. The van der Waals surface area contributed by atoms with Gasteiger partial charge in [-0.25, -0.2) is 4.98 Å². The van der Waals surface area contributed by atoms with Crippen molar-refractivity contribution >= 4 is 22.5 Å². The van der Waals surface area contributed by atoms with Crippen LogP contribution in [0.2, 0.25) is 5.02 Å². The summed E-state index contributed by atoms with van der Waals surface area (Å²) < 4.78 is 29.1. The SMILES string of the molecule is CCCCCc1cc(OC)cc(OC)c1Oc1cc(OC)cc2c(Cl)c(CCCCC)c(OC)nc12. The molecule has 0 fully saturated rings. The summed E-state index contributed by atoms with van der Waals surface area (Å²) in [4.78, 5) is 4.85. The maximum absolute atomic E-state index is 6.95. The zero-order valence-corrected chi connectivity index (χ0v) is 23.1. The molecule has 0 aliphatic heterocycles. The predicted octanol–water partition coefficient (Wildman–Crippen LogP) is 8.18. The Balaban J connectivity index is 2.17. The van der Waals surface area contributed by atoms with Gasteiger partial charge in [0.2, 0.25) is 5.88 Å². The summed E-state index contributed by atoms with van der Waals surface area (Å²) in [5.74, 6) is 3.61. The first-order valence-electron chi connectivity index (χ1n) is 12.7. The Morgan fingerprint density at radius 2 is 1.36 bits per heavy atom. The lowest BCUT2D eigenvalue weighted by molar-refractivity contribution is 0.364. The third-order valence-corrected chi connectivity index (χ3v) is 6.74. The van der Waals surface area contributed by atoms with E-state index in [2.05, 4.69) is 13.8 Å². The molecule has 3 rings (SSSR count). The van der Waals surface area contributed by atoms with Crippen LogP contribution in [-0.2, 0) is 12.8 Å². The molecule has 0 bridgehead atoms. The minimum absolute atomic E-state index is 0.517. The molecule has 0 saturated carbocycles. The average Bonchev–Trinajstić information content (AvgIpc) is 2.90. The van der Waals surface area contributed by atoms with Crippen molar-refractivity contribution in [2.45, 2.75) is 65.2 Å². The number of ether oxygens (including phenoxy) is 5. The number of halogens is 1. The summed E-state index contributed by atoms with van der Waals surface area (Å²) in [5, 5.41) is 1.37. The molecular weight excluding hydrogens is 478 g/mol. The molecule has 6 nitrogen and oxygen atoms in total. The van der Waals surface area contributed by atoms with Gasteiger partial charge in [0.25, 0.3) is 0 Å². The van der Waals surface area contributed by atoms with Crippen molar-refractivity contribution in [2.75, 3.05) is 28.4 Å². The molecule has 36 heavy (non-hydrogen) atoms. The summed E-state index contributed by atoms with van der Waals surface area (Å²) >= 11 is 6.95. The first kappa shape index (κ1) is 27.7. The molecule has 0 atom stereocenters. The van der Waals surface area contributed by atoms with Gasteiger partial charge in [-0.3, -0.25) is 0 Å². The highest BCUT2D eigenvalue weighted by atomic mass is 35.5. The van der Waals surface area contributed by atoms with Crippen LogP contribution >= 0.6 is 11.6 Å². The number of aryl methyl sites for hydroxylation is 1. The van der Waals surface area contributed by atoms with Gasteiger partial charge in [-0.1, -0.05) is 51.1 Å². The van der Waals surface area contributed by atoms with Crippen LogP contribution < -0.4 is 23.7 Å². The second-order valence-corrected chi connectivity index (χ2v) is 9.15. The van der Waals surface area contributed by atoms with Gasteiger partial charge in [0, 0.05) is 28.6 Å². The molecule has 2 aromatic carbocycles. The van der Waals surface area contributed by atoms with Crippen LogP contribution in [0.15, 0.2) is 24.3 Å². The zero-order valence-electron chi connectivity index (χ0n) is 22.3. The van der Waals surface area contributed by atoms with Crippen LogP contribution in [0.25, 0.3) is 10.9 Å². The monoisotopic (exact) mass is 515 g/mol. The molecule has 196 valence electrons. The standard InChI is InChI=1S/C29H38ClNO5/c1-7-9-11-13-19-15-20(32-3)18-25(34-5)28(19)36-24-17-21(33-4)16-23-26(30)22(14-12-10-8-2)29(35-6)31-27(23)24/h15-18H,7-14H2,1-6H3. The molecule has 3 aromatic rings. The van der Waals surface area contributed by atoms with Crippen LogP contribution in [0.4, 0.5) is 0 Å². The van der Waals surface area contributed by atoms with Crippen LogP contribution in [-0.4, -0.2) is 33.4 Å². The lowest BCUT2D eigenvalue weighted by Crippen LogP contribution is -2.02. The molecule has 0 amide bonds. The Kier molecular flexibility index (Phi) is 10.4. The molecule has 0 N–H and O–H groups in total. The first-order chi connectivity index (χ1) is 17.5. The summed E-state index contributed by atoms with van der Waals surface area (Å²) in [6.45, 7) is 4.36. The topological polar surface area (TPSA) is 59.0 Å². The van der Waals surface area contributed by atoms with Crippen molar-refractivity contribution in [3.05, 3.63) is 40.4 Å². The molecule has 1 heterocycles. The van der Waals surface area contributed by atoms with Crippen molar-refractivity contribution in [1.29, 1.82) is 0 Å². The highest BCUT2D eigenvalue weighted by Crippen LogP contribution is 2.44. The molecule has 7 heteroatoms. The second-order valence-electron chi connectivity index (χ2n) is 8.77. The number of nitrogens with zero attached hydrogens (tertiary/aromatic N) is 1. The highest BCUT2D eigenvalue weighted by Gasteiger charge is 2.21. The van der Waals surface area contributed by atoms with Crippen LogP contribution in [0.3, 0.4) is 0 Å². The molecule has 0 radical (unpaired) electrons. The summed E-state index contributed by atoms with van der Waals surface area (Å²) in [6, 6.07) is 7.55. The Hall–Kier alpha value is -2.86. The third kappa shape index (κ3) is 6.28. The zero-order chi connectivity index (χ0) is 26.1. The van der Waals surface area contributed by atoms with Crippen LogP contribution in [0, 0.1) is 0 Å². The van der Waals surface area contributed by atoms with Crippen molar-refractivity contribution in [1.82, 2.24) is 4.98 Å². The van der Waals surface area contributed by atoms with E-state index in [9.17, 15) is 0 Å². The number of benzene rings is 2. The number of methoxy groups -OCH3 is 4. The van der Waals surface area contributed by atoms with Gasteiger partial charge in [0.05, 0.1) is 33.5 Å². The highest BCUT2D eigenvalue weighted by molar-refractivity contribution is 6.36. The lowest BCUT2D eigenvalue weighted by atomic mass is 10.0. The number of fused-ring (bicyclic) bond motifs is 1. The van der Waals surface area contributed by atoms with Gasteiger partial charge < -0.3 is 23.7 Å². The Labute approximate surface area is 219 Å². The minimum Gasteiger partial charge on any atom is -0.497 e. The van der Waals surface area contributed by atoms with E-state index in [-0.39, 0.29) is 0 Å². The molecule has 0 aliphatic rings. The van der Waals surface area contributed by atoms with Gasteiger partial charge in [0.1, 0.15) is 17.0 Å². The number of rotatable bonds is 14. The van der Waals surface area contributed by atoms with E-state index in [0.29, 0.717) is 39.4 Å². The molecule has 0 spiro atoms. The van der Waals surface area contributed by atoms with Crippen molar-refractivity contribution < 1.29 is 23.7 Å². The van der Waals surface area contributed by atoms with E-state index >= 15 is 0 Å². The van der Waals surface area contributed by atoms with Crippen molar-refractivity contribution in [2.24, 2.45) is 0 Å². The van der Waals surface area contributed by atoms with E-state index in [1.54, 1.807) is 28.4 Å². The number of aromatic nitrogens is 1. The normalized spacial score (nSPS) is 11.0. The van der Waals surface area contributed by atoms with Crippen molar-refractivity contribution in [3.63, 3.8) is 0 Å². The van der Waals surface area contributed by atoms with Gasteiger partial charge in [-0.05, 0) is 37.8 Å². The maximum Gasteiger partial charge on any atom is 0.218 e. The molecule has 1 aromatic heterocycles. The van der Waals surface area contributed by atoms with Gasteiger partial charge in [-0.15, -0.1) is 0 Å². The quantitative estimate of drug-likeness (QED) is 0.202. The Morgan fingerprint density at radius 3 is 1.97 bits per heavy atom. The van der Waals surface area contributed by atoms with E-state index in [1.807, 2.05) is 24.3 Å². The van der Waals surface area contributed by atoms with Gasteiger partial charge in [0.15, 0.2) is 17.2 Å². The van der Waals surface area contributed by atoms with Crippen LogP contribution in [0.1, 0.15) is 63.5 Å². The first-order valence-corrected chi connectivity index (χ1v) is 13.1. The van der Waals surface area contributed by atoms with Gasteiger partial charge in [-0.2, -0.15) is 0 Å². The second kappa shape index (κ2) is 13.4. The van der Waals surface area contributed by atoms with E-state index in [1.165, 1.54) is 0 Å². The average molecular weight is 516 g/mol. The fraction of sp³-hybridized carbons (Fsp3) is 0.483. The Bertz CT molecular complexity index is 1160. The molecular formula is C29H38ClNO5. The molecule has 0 saturated heterocycles. The van der Waals surface area contributed by atoms with E-state index < -0.39 is 0 Å². The largest absolute Gasteiger partial charge is 0.497 e. The minimum atomic E-state index is 0.517. The predicted molar refractivity (Wildman–Crippen MR) is 146 cm³/mol.